The molecule has 2 aromatic rings. The van der Waals surface area contributed by atoms with Gasteiger partial charge in [0.2, 0.25) is 11.8 Å². The fraction of sp³-hybridized carbons (Fsp3) is 0.263. The van der Waals surface area contributed by atoms with Crippen molar-refractivity contribution in [3.05, 3.63) is 58.6 Å². The van der Waals surface area contributed by atoms with Crippen LogP contribution in [0.4, 0.5) is 11.4 Å². The predicted octanol–water partition coefficient (Wildman–Crippen LogP) is 3.95. The van der Waals surface area contributed by atoms with Crippen LogP contribution in [-0.2, 0) is 9.59 Å². The Balaban J connectivity index is 1.75. The molecule has 5 heteroatoms. The molecular weight excluding hydrogens is 324 g/mol. The second-order valence-corrected chi connectivity index (χ2v) is 6.56. The lowest BCUT2D eigenvalue weighted by Crippen LogP contribution is -2.33. The molecule has 1 unspecified atom stereocenters. The van der Waals surface area contributed by atoms with Crippen LogP contribution in [0, 0.1) is 19.8 Å². The van der Waals surface area contributed by atoms with Crippen LogP contribution in [-0.4, -0.2) is 18.4 Å². The van der Waals surface area contributed by atoms with E-state index >= 15 is 0 Å². The van der Waals surface area contributed by atoms with Gasteiger partial charge in [-0.3, -0.25) is 9.59 Å². The van der Waals surface area contributed by atoms with Crippen molar-refractivity contribution in [2.45, 2.75) is 20.3 Å². The number of nitrogens with one attached hydrogen (secondary N) is 1. The lowest BCUT2D eigenvalue weighted by Gasteiger charge is -2.19. The number of anilines is 2. The topological polar surface area (TPSA) is 49.4 Å². The molecule has 1 saturated heterocycles. The number of halogens is 1. The number of amides is 2. The first-order chi connectivity index (χ1) is 11.5. The van der Waals surface area contributed by atoms with Gasteiger partial charge in [-0.05, 0) is 50.1 Å². The van der Waals surface area contributed by atoms with Crippen molar-refractivity contribution in [2.24, 2.45) is 5.92 Å². The van der Waals surface area contributed by atoms with E-state index in [0.717, 1.165) is 16.8 Å². The zero-order valence-electron chi connectivity index (χ0n) is 13.7. The summed E-state index contributed by atoms with van der Waals surface area (Å²) in [5.74, 6) is -1.10. The maximum Gasteiger partial charge on any atom is 0.239 e. The fourth-order valence-corrected chi connectivity index (χ4v) is 3.26. The molecular formula is C19H19ClN2O2. The quantitative estimate of drug-likeness (QED) is 0.859. The minimum Gasteiger partial charge on any atom is -0.325 e. The Bertz CT molecular complexity index is 804. The third-order valence-corrected chi connectivity index (χ3v) is 4.49. The Hall–Kier alpha value is -2.33. The number of carbonyl (C=O) groups excluding carboxylic acids is 2. The van der Waals surface area contributed by atoms with E-state index in [1.165, 1.54) is 0 Å². The van der Waals surface area contributed by atoms with Gasteiger partial charge in [0.1, 0.15) is 5.92 Å². The number of carbonyl (C=O) groups is 2. The highest BCUT2D eigenvalue weighted by Gasteiger charge is 2.38. The van der Waals surface area contributed by atoms with E-state index < -0.39 is 5.92 Å². The number of benzene rings is 2. The Morgan fingerprint density at radius 1 is 1.21 bits per heavy atom. The Labute approximate surface area is 146 Å². The second kappa shape index (κ2) is 6.65. The van der Waals surface area contributed by atoms with Crippen LogP contribution in [0.1, 0.15) is 17.5 Å². The van der Waals surface area contributed by atoms with E-state index in [9.17, 15) is 9.59 Å². The van der Waals surface area contributed by atoms with Gasteiger partial charge >= 0.3 is 0 Å². The smallest absolute Gasteiger partial charge is 0.239 e. The molecule has 1 atom stereocenters. The van der Waals surface area contributed by atoms with Crippen LogP contribution in [0.25, 0.3) is 0 Å². The molecule has 124 valence electrons. The molecule has 4 nitrogen and oxygen atoms in total. The third-order valence-electron chi connectivity index (χ3n) is 4.26. The molecule has 0 bridgehead atoms. The molecule has 1 aliphatic heterocycles. The molecule has 0 saturated carbocycles. The number of hydrogen-bond donors (Lipinski definition) is 1. The summed E-state index contributed by atoms with van der Waals surface area (Å²) in [6.07, 6.45) is 0.512. The van der Waals surface area contributed by atoms with E-state index in [2.05, 4.69) is 5.32 Å². The van der Waals surface area contributed by atoms with Gasteiger partial charge in [-0.2, -0.15) is 0 Å². The van der Waals surface area contributed by atoms with Crippen molar-refractivity contribution in [1.29, 1.82) is 0 Å². The van der Waals surface area contributed by atoms with Crippen LogP contribution in [0.15, 0.2) is 42.5 Å². The summed E-state index contributed by atoms with van der Waals surface area (Å²) in [6, 6.07) is 12.9. The first kappa shape index (κ1) is 16.5. The molecule has 1 N–H and O–H groups in total. The summed E-state index contributed by atoms with van der Waals surface area (Å²) < 4.78 is 0. The van der Waals surface area contributed by atoms with Crippen LogP contribution < -0.4 is 10.2 Å². The van der Waals surface area contributed by atoms with Gasteiger partial charge in [0, 0.05) is 22.9 Å². The number of aryl methyl sites for hydroxylation is 2. The summed E-state index contributed by atoms with van der Waals surface area (Å²) in [5, 5.41) is 3.32. The van der Waals surface area contributed by atoms with Gasteiger partial charge < -0.3 is 10.2 Å². The Morgan fingerprint density at radius 3 is 2.71 bits per heavy atom. The average molecular weight is 343 g/mol. The molecule has 0 radical (unpaired) electrons. The maximum atomic E-state index is 12.7. The lowest BCUT2D eigenvalue weighted by atomic mass is 10.1. The standard InChI is InChI=1S/C19H19ClN2O2/c1-12-6-7-17(13(2)10-12)22-9-8-16(19(22)24)18(23)21-15-5-3-4-14(20)11-15/h3-7,10-11,16H,8-9H2,1-2H3,(H,21,23). The summed E-state index contributed by atoms with van der Waals surface area (Å²) in [4.78, 5) is 26.8. The van der Waals surface area contributed by atoms with E-state index in [-0.39, 0.29) is 11.8 Å². The number of hydrogen-bond acceptors (Lipinski definition) is 2. The molecule has 1 aliphatic rings. The molecule has 1 heterocycles. The monoisotopic (exact) mass is 342 g/mol. The van der Waals surface area contributed by atoms with Gasteiger partial charge in [0.05, 0.1) is 0 Å². The van der Waals surface area contributed by atoms with Crippen molar-refractivity contribution in [3.63, 3.8) is 0 Å². The summed E-state index contributed by atoms with van der Waals surface area (Å²) >= 11 is 5.92. The zero-order valence-corrected chi connectivity index (χ0v) is 14.4. The van der Waals surface area contributed by atoms with E-state index in [1.807, 2.05) is 32.0 Å². The minimum atomic E-state index is -0.662. The fourth-order valence-electron chi connectivity index (χ4n) is 3.07. The summed E-state index contributed by atoms with van der Waals surface area (Å²) in [6.45, 7) is 4.55. The maximum absolute atomic E-state index is 12.7. The van der Waals surface area contributed by atoms with Crippen molar-refractivity contribution in [3.8, 4) is 0 Å². The van der Waals surface area contributed by atoms with Crippen molar-refractivity contribution >= 4 is 34.8 Å². The first-order valence-corrected chi connectivity index (χ1v) is 8.28. The molecule has 2 amide bonds. The largest absolute Gasteiger partial charge is 0.325 e. The SMILES string of the molecule is Cc1ccc(N2CCC(C(=O)Nc3cccc(Cl)c3)C2=O)c(C)c1. The molecule has 3 rings (SSSR count). The van der Waals surface area contributed by atoms with Crippen LogP contribution >= 0.6 is 11.6 Å². The van der Waals surface area contributed by atoms with Crippen LogP contribution in [0.2, 0.25) is 5.02 Å². The summed E-state index contributed by atoms with van der Waals surface area (Å²) in [5.41, 5.74) is 3.67. The molecule has 0 aromatic heterocycles. The van der Waals surface area contributed by atoms with Crippen LogP contribution in [0.5, 0.6) is 0 Å². The minimum absolute atomic E-state index is 0.151. The Morgan fingerprint density at radius 2 is 2.00 bits per heavy atom. The molecule has 2 aromatic carbocycles. The van der Waals surface area contributed by atoms with Gasteiger partial charge in [0.25, 0.3) is 0 Å². The average Bonchev–Trinajstić information content (AvgIpc) is 2.89. The summed E-state index contributed by atoms with van der Waals surface area (Å²) in [7, 11) is 0. The molecule has 1 fully saturated rings. The van der Waals surface area contributed by atoms with Crippen molar-refractivity contribution in [1.82, 2.24) is 0 Å². The zero-order chi connectivity index (χ0) is 17.3. The molecule has 24 heavy (non-hydrogen) atoms. The number of nitrogens with zero attached hydrogens (tertiary/aromatic N) is 1. The highest BCUT2D eigenvalue weighted by Crippen LogP contribution is 2.29. The highest BCUT2D eigenvalue weighted by molar-refractivity contribution is 6.31. The second-order valence-electron chi connectivity index (χ2n) is 6.12. The predicted molar refractivity (Wildman–Crippen MR) is 96.5 cm³/mol. The Kier molecular flexibility index (Phi) is 4.58. The normalized spacial score (nSPS) is 17.2. The first-order valence-electron chi connectivity index (χ1n) is 7.91. The van der Waals surface area contributed by atoms with E-state index in [4.69, 9.17) is 11.6 Å². The van der Waals surface area contributed by atoms with Crippen molar-refractivity contribution in [2.75, 3.05) is 16.8 Å². The van der Waals surface area contributed by atoms with Gasteiger partial charge in [-0.1, -0.05) is 35.4 Å². The lowest BCUT2D eigenvalue weighted by molar-refractivity contribution is -0.129. The molecule has 0 spiro atoms. The van der Waals surface area contributed by atoms with Crippen molar-refractivity contribution < 1.29 is 9.59 Å². The van der Waals surface area contributed by atoms with Gasteiger partial charge in [0.15, 0.2) is 0 Å². The van der Waals surface area contributed by atoms with Gasteiger partial charge in [-0.15, -0.1) is 0 Å². The molecule has 0 aliphatic carbocycles. The van der Waals surface area contributed by atoms with Crippen LogP contribution in [0.3, 0.4) is 0 Å². The highest BCUT2D eigenvalue weighted by atomic mass is 35.5. The van der Waals surface area contributed by atoms with E-state index in [1.54, 1.807) is 29.2 Å². The third kappa shape index (κ3) is 3.29. The van der Waals surface area contributed by atoms with E-state index in [0.29, 0.717) is 23.7 Å². The van der Waals surface area contributed by atoms with Gasteiger partial charge in [-0.25, -0.2) is 0 Å². The number of rotatable bonds is 3.